The summed E-state index contributed by atoms with van der Waals surface area (Å²) in [6.45, 7) is 8.25. The van der Waals surface area contributed by atoms with Crippen LogP contribution >= 0.6 is 0 Å². The van der Waals surface area contributed by atoms with Crippen LogP contribution in [0.3, 0.4) is 0 Å². The summed E-state index contributed by atoms with van der Waals surface area (Å²) in [6, 6.07) is 0. The molecular weight excluding hydrogens is 310 g/mol. The fourth-order valence-corrected chi connectivity index (χ4v) is 4.82. The van der Waals surface area contributed by atoms with E-state index < -0.39 is 33.7 Å². The number of amides is 1. The van der Waals surface area contributed by atoms with Crippen LogP contribution in [0.1, 0.15) is 27.2 Å². The van der Waals surface area contributed by atoms with Gasteiger partial charge in [-0.1, -0.05) is 13.5 Å². The Hall–Kier alpha value is -1.41. The Morgan fingerprint density at radius 3 is 2.64 bits per heavy atom. The Bertz CT molecular complexity index is 613. The van der Waals surface area contributed by atoms with Crippen molar-refractivity contribution >= 4 is 22.0 Å². The van der Waals surface area contributed by atoms with E-state index in [-0.39, 0.29) is 24.1 Å². The van der Waals surface area contributed by atoms with Gasteiger partial charge in [0.2, 0.25) is 5.91 Å². The van der Waals surface area contributed by atoms with Crippen molar-refractivity contribution in [2.45, 2.75) is 38.9 Å². The van der Waals surface area contributed by atoms with Gasteiger partial charge in [-0.3, -0.25) is 13.8 Å². The zero-order valence-electron chi connectivity index (χ0n) is 12.9. The SMILES string of the molecule is C=C(C)C(=O)NCC(=O)OC1C2CC(C)C1(C)OS(=O)(=O)C2. The third kappa shape index (κ3) is 3.17. The molecule has 1 amide bonds. The van der Waals surface area contributed by atoms with E-state index in [1.807, 2.05) is 6.92 Å². The lowest BCUT2D eigenvalue weighted by molar-refractivity contribution is -0.163. The summed E-state index contributed by atoms with van der Waals surface area (Å²) in [4.78, 5) is 23.3. The minimum Gasteiger partial charge on any atom is -0.458 e. The number of fused-ring (bicyclic) bond motifs is 2. The first-order chi connectivity index (χ1) is 10.0. The van der Waals surface area contributed by atoms with Gasteiger partial charge >= 0.3 is 5.97 Å². The second kappa shape index (κ2) is 5.66. The lowest BCUT2D eigenvalue weighted by Gasteiger charge is -2.38. The highest BCUT2D eigenvalue weighted by Crippen LogP contribution is 2.49. The van der Waals surface area contributed by atoms with Crippen LogP contribution in [0.4, 0.5) is 0 Å². The zero-order chi connectivity index (χ0) is 16.7. The molecular formula is C14H21NO6S. The van der Waals surface area contributed by atoms with Crippen LogP contribution in [0.5, 0.6) is 0 Å². The van der Waals surface area contributed by atoms with Crippen LogP contribution in [0, 0.1) is 11.8 Å². The van der Waals surface area contributed by atoms with E-state index in [2.05, 4.69) is 11.9 Å². The first kappa shape index (κ1) is 17.0. The van der Waals surface area contributed by atoms with E-state index in [4.69, 9.17) is 8.92 Å². The molecule has 2 aliphatic rings. The van der Waals surface area contributed by atoms with Gasteiger partial charge in [-0.2, -0.15) is 8.42 Å². The summed E-state index contributed by atoms with van der Waals surface area (Å²) in [5.74, 6) is -1.52. The van der Waals surface area contributed by atoms with Gasteiger partial charge in [-0.15, -0.1) is 0 Å². The Morgan fingerprint density at radius 1 is 1.45 bits per heavy atom. The highest BCUT2D eigenvalue weighted by molar-refractivity contribution is 7.86. The maximum absolute atomic E-state index is 11.9. The van der Waals surface area contributed by atoms with Gasteiger partial charge in [0, 0.05) is 11.5 Å². The number of carbonyl (C=O) groups excluding carboxylic acids is 2. The van der Waals surface area contributed by atoms with E-state index in [9.17, 15) is 18.0 Å². The average Bonchev–Trinajstić information content (AvgIpc) is 2.52. The number of ether oxygens (including phenoxy) is 1. The first-order valence-corrected chi connectivity index (χ1v) is 8.69. The van der Waals surface area contributed by atoms with Gasteiger partial charge in [0.1, 0.15) is 18.2 Å². The van der Waals surface area contributed by atoms with E-state index in [0.717, 1.165) is 0 Å². The van der Waals surface area contributed by atoms with Gasteiger partial charge < -0.3 is 10.1 Å². The lowest BCUT2D eigenvalue weighted by Crippen LogP contribution is -2.53. The van der Waals surface area contributed by atoms with Crippen molar-refractivity contribution in [3.05, 3.63) is 12.2 Å². The number of carbonyl (C=O) groups is 2. The topological polar surface area (TPSA) is 98.8 Å². The van der Waals surface area contributed by atoms with Crippen LogP contribution in [-0.2, 0) is 28.6 Å². The molecule has 4 atom stereocenters. The summed E-state index contributed by atoms with van der Waals surface area (Å²) in [7, 11) is -3.59. The van der Waals surface area contributed by atoms with Gasteiger partial charge in [0.25, 0.3) is 10.1 Å². The van der Waals surface area contributed by atoms with Gasteiger partial charge in [0.15, 0.2) is 0 Å². The van der Waals surface area contributed by atoms with Crippen molar-refractivity contribution in [2.24, 2.45) is 11.8 Å². The third-order valence-corrected chi connectivity index (χ3v) is 5.84. The highest BCUT2D eigenvalue weighted by atomic mass is 32.2. The molecule has 1 aliphatic carbocycles. The lowest BCUT2D eigenvalue weighted by atomic mass is 9.93. The average molecular weight is 331 g/mol. The number of hydrogen-bond acceptors (Lipinski definition) is 6. The Labute approximate surface area is 130 Å². The zero-order valence-corrected chi connectivity index (χ0v) is 13.7. The molecule has 0 aromatic carbocycles. The fourth-order valence-electron chi connectivity index (χ4n) is 3.11. The van der Waals surface area contributed by atoms with Crippen LogP contribution in [0.2, 0.25) is 0 Å². The molecule has 2 bridgehead atoms. The molecule has 124 valence electrons. The number of nitrogens with one attached hydrogen (secondary N) is 1. The minimum absolute atomic E-state index is 0.0439. The Balaban J connectivity index is 2.03. The van der Waals surface area contributed by atoms with E-state index in [1.165, 1.54) is 6.92 Å². The van der Waals surface area contributed by atoms with Crippen LogP contribution < -0.4 is 5.32 Å². The molecule has 1 N–H and O–H groups in total. The van der Waals surface area contributed by atoms with Crippen LogP contribution in [0.25, 0.3) is 0 Å². The summed E-state index contributed by atoms with van der Waals surface area (Å²) >= 11 is 0. The number of rotatable bonds is 4. The first-order valence-electron chi connectivity index (χ1n) is 7.11. The van der Waals surface area contributed by atoms with Gasteiger partial charge in [-0.25, -0.2) is 0 Å². The maximum Gasteiger partial charge on any atom is 0.325 e. The fraction of sp³-hybridized carbons (Fsp3) is 0.714. The summed E-state index contributed by atoms with van der Waals surface area (Å²) in [6.07, 6.45) is -0.00790. The van der Waals surface area contributed by atoms with Crippen LogP contribution in [0.15, 0.2) is 12.2 Å². The monoisotopic (exact) mass is 331 g/mol. The standard InChI is InChI=1S/C14H21NO6S/c1-8(2)13(17)15-6-11(16)20-12-10-5-9(3)14(12,4)21-22(18,19)7-10/h9-10,12H,1,5-7H2,2-4H3,(H,15,17). The van der Waals surface area contributed by atoms with Crippen molar-refractivity contribution < 1.29 is 26.9 Å². The van der Waals surface area contributed by atoms with Crippen molar-refractivity contribution in [1.82, 2.24) is 5.32 Å². The Morgan fingerprint density at radius 2 is 2.09 bits per heavy atom. The van der Waals surface area contributed by atoms with Crippen molar-refractivity contribution in [3.8, 4) is 0 Å². The quantitative estimate of drug-likeness (QED) is 0.454. The summed E-state index contributed by atoms with van der Waals surface area (Å²) in [5, 5.41) is 2.39. The van der Waals surface area contributed by atoms with Crippen molar-refractivity contribution in [2.75, 3.05) is 12.3 Å². The highest BCUT2D eigenvalue weighted by Gasteiger charge is 2.60. The molecule has 2 rings (SSSR count). The molecule has 7 nitrogen and oxygen atoms in total. The molecule has 0 aromatic rings. The second-order valence-electron chi connectivity index (χ2n) is 6.26. The van der Waals surface area contributed by atoms with Gasteiger partial charge in [0.05, 0.1) is 5.75 Å². The molecule has 22 heavy (non-hydrogen) atoms. The molecule has 0 radical (unpaired) electrons. The molecule has 1 saturated carbocycles. The van der Waals surface area contributed by atoms with E-state index >= 15 is 0 Å². The molecule has 1 aliphatic heterocycles. The second-order valence-corrected chi connectivity index (χ2v) is 7.88. The largest absolute Gasteiger partial charge is 0.458 e. The molecule has 1 saturated heterocycles. The molecule has 8 heteroatoms. The van der Waals surface area contributed by atoms with E-state index in [1.54, 1.807) is 6.92 Å². The van der Waals surface area contributed by atoms with Crippen LogP contribution in [-0.4, -0.2) is 44.3 Å². The predicted molar refractivity (Wildman–Crippen MR) is 78.3 cm³/mol. The summed E-state index contributed by atoms with van der Waals surface area (Å²) < 4.78 is 34.1. The number of esters is 1. The molecule has 0 aromatic heterocycles. The smallest absolute Gasteiger partial charge is 0.325 e. The van der Waals surface area contributed by atoms with Gasteiger partial charge in [-0.05, 0) is 26.2 Å². The van der Waals surface area contributed by atoms with Crippen molar-refractivity contribution in [3.63, 3.8) is 0 Å². The number of hydrogen-bond donors (Lipinski definition) is 1. The predicted octanol–water partition coefficient (Wildman–Crippen LogP) is 0.365. The summed E-state index contributed by atoms with van der Waals surface area (Å²) in [5.41, 5.74) is -0.754. The third-order valence-electron chi connectivity index (χ3n) is 4.39. The van der Waals surface area contributed by atoms with E-state index in [0.29, 0.717) is 12.0 Å². The molecule has 4 unspecified atom stereocenters. The molecule has 0 spiro atoms. The molecule has 1 heterocycles. The minimum atomic E-state index is -3.59. The normalized spacial score (nSPS) is 35.7. The molecule has 2 fully saturated rings. The van der Waals surface area contributed by atoms with Crippen molar-refractivity contribution in [1.29, 1.82) is 0 Å². The Kier molecular flexibility index (Phi) is 4.36. The maximum atomic E-state index is 11.9.